The first kappa shape index (κ1) is 16.5. The number of rotatable bonds is 5. The first-order valence-electron chi connectivity index (χ1n) is 6.89. The molecule has 2 rings (SSSR count). The number of halogens is 1. The van der Waals surface area contributed by atoms with Gasteiger partial charge in [0, 0.05) is 10.0 Å². The molecule has 0 saturated heterocycles. The highest BCUT2D eigenvalue weighted by Crippen LogP contribution is 2.30. The van der Waals surface area contributed by atoms with Gasteiger partial charge in [-0.25, -0.2) is 9.59 Å². The SMILES string of the molecule is CCOC(=O)C1(C(=O)OCC)CC(c2cccc(Br)c2)=NO1. The molecule has 0 spiro atoms. The van der Waals surface area contributed by atoms with Gasteiger partial charge in [0.1, 0.15) is 0 Å². The molecule has 6 nitrogen and oxygen atoms in total. The summed E-state index contributed by atoms with van der Waals surface area (Å²) in [5.41, 5.74) is -0.615. The molecule has 0 aromatic heterocycles. The summed E-state index contributed by atoms with van der Waals surface area (Å²) in [6.07, 6.45) is -0.0267. The van der Waals surface area contributed by atoms with Crippen LogP contribution in [-0.2, 0) is 23.9 Å². The van der Waals surface area contributed by atoms with Crippen LogP contribution >= 0.6 is 15.9 Å². The molecule has 1 aromatic rings. The molecule has 0 radical (unpaired) electrons. The van der Waals surface area contributed by atoms with Crippen LogP contribution in [0.2, 0.25) is 0 Å². The highest BCUT2D eigenvalue weighted by Gasteiger charge is 2.56. The molecule has 0 amide bonds. The van der Waals surface area contributed by atoms with E-state index in [1.807, 2.05) is 24.3 Å². The van der Waals surface area contributed by atoms with Crippen LogP contribution in [0.3, 0.4) is 0 Å². The van der Waals surface area contributed by atoms with Crippen molar-refractivity contribution in [3.05, 3.63) is 34.3 Å². The largest absolute Gasteiger partial charge is 0.462 e. The Balaban J connectivity index is 2.28. The molecule has 22 heavy (non-hydrogen) atoms. The van der Waals surface area contributed by atoms with Crippen molar-refractivity contribution in [3.8, 4) is 0 Å². The first-order chi connectivity index (χ1) is 10.5. The van der Waals surface area contributed by atoms with Gasteiger partial charge in [0.25, 0.3) is 0 Å². The van der Waals surface area contributed by atoms with Crippen molar-refractivity contribution in [2.24, 2.45) is 5.16 Å². The van der Waals surface area contributed by atoms with E-state index in [0.29, 0.717) is 5.71 Å². The Morgan fingerprint density at radius 3 is 2.45 bits per heavy atom. The summed E-state index contributed by atoms with van der Waals surface area (Å²) in [4.78, 5) is 29.6. The molecule has 1 heterocycles. The smallest absolute Gasteiger partial charge is 0.365 e. The van der Waals surface area contributed by atoms with E-state index in [1.54, 1.807) is 13.8 Å². The van der Waals surface area contributed by atoms with Crippen molar-refractivity contribution in [2.45, 2.75) is 25.9 Å². The lowest BCUT2D eigenvalue weighted by atomic mass is 9.94. The molecule has 0 atom stereocenters. The zero-order valence-corrected chi connectivity index (χ0v) is 13.9. The van der Waals surface area contributed by atoms with Crippen molar-refractivity contribution in [3.63, 3.8) is 0 Å². The van der Waals surface area contributed by atoms with E-state index < -0.39 is 17.5 Å². The number of esters is 2. The van der Waals surface area contributed by atoms with E-state index in [2.05, 4.69) is 21.1 Å². The Labute approximate surface area is 136 Å². The number of oxime groups is 1. The van der Waals surface area contributed by atoms with Crippen molar-refractivity contribution in [1.29, 1.82) is 0 Å². The second kappa shape index (κ2) is 6.91. The van der Waals surface area contributed by atoms with Crippen molar-refractivity contribution in [1.82, 2.24) is 0 Å². The summed E-state index contributed by atoms with van der Waals surface area (Å²) in [5, 5.41) is 3.90. The normalized spacial score (nSPS) is 15.7. The van der Waals surface area contributed by atoms with E-state index >= 15 is 0 Å². The molecule has 118 valence electrons. The predicted octanol–water partition coefficient (Wildman–Crippen LogP) is 2.44. The second-order valence-corrected chi connectivity index (χ2v) is 5.50. The van der Waals surface area contributed by atoms with Crippen LogP contribution in [0.1, 0.15) is 25.8 Å². The molecule has 1 aromatic carbocycles. The Hall–Kier alpha value is -1.89. The van der Waals surface area contributed by atoms with Gasteiger partial charge in [-0.2, -0.15) is 0 Å². The average Bonchev–Trinajstić information content (AvgIpc) is 2.94. The number of nitrogens with zero attached hydrogens (tertiary/aromatic N) is 1. The fourth-order valence-corrected chi connectivity index (χ4v) is 2.45. The molecule has 0 fully saturated rings. The highest BCUT2D eigenvalue weighted by atomic mass is 79.9. The quantitative estimate of drug-likeness (QED) is 0.588. The van der Waals surface area contributed by atoms with E-state index in [9.17, 15) is 9.59 Å². The standard InChI is InChI=1S/C15H16BrNO5/c1-3-20-13(18)15(14(19)21-4-2)9-12(17-22-15)10-6-5-7-11(16)8-10/h5-8H,3-4,9H2,1-2H3. The van der Waals surface area contributed by atoms with Gasteiger partial charge >= 0.3 is 17.5 Å². The minimum Gasteiger partial charge on any atom is -0.462 e. The lowest BCUT2D eigenvalue weighted by Gasteiger charge is -2.21. The topological polar surface area (TPSA) is 74.2 Å². The number of ether oxygens (including phenoxy) is 2. The maximum Gasteiger partial charge on any atom is 0.365 e. The fourth-order valence-electron chi connectivity index (χ4n) is 2.05. The maximum absolute atomic E-state index is 12.2. The monoisotopic (exact) mass is 369 g/mol. The molecule has 0 N–H and O–H groups in total. The van der Waals surface area contributed by atoms with Gasteiger partial charge in [-0.15, -0.1) is 0 Å². The van der Waals surface area contributed by atoms with Gasteiger partial charge in [0.15, 0.2) is 0 Å². The van der Waals surface area contributed by atoms with Crippen molar-refractivity contribution >= 4 is 33.6 Å². The van der Waals surface area contributed by atoms with Crippen LogP contribution in [-0.4, -0.2) is 36.5 Å². The molecular formula is C15H16BrNO5. The fraction of sp³-hybridized carbons (Fsp3) is 0.400. The van der Waals surface area contributed by atoms with Gasteiger partial charge in [-0.1, -0.05) is 33.2 Å². The molecule has 0 bridgehead atoms. The third-order valence-corrected chi connectivity index (χ3v) is 3.59. The van der Waals surface area contributed by atoms with Crippen molar-refractivity contribution in [2.75, 3.05) is 13.2 Å². The van der Waals surface area contributed by atoms with Crippen LogP contribution < -0.4 is 0 Å². The first-order valence-corrected chi connectivity index (χ1v) is 7.68. The number of carbonyl (C=O) groups excluding carboxylic acids is 2. The number of hydrogen-bond acceptors (Lipinski definition) is 6. The summed E-state index contributed by atoms with van der Waals surface area (Å²) in [6.45, 7) is 3.58. The maximum atomic E-state index is 12.2. The minimum atomic E-state index is -1.86. The van der Waals surface area contributed by atoms with Gasteiger partial charge in [-0.3, -0.25) is 0 Å². The van der Waals surface area contributed by atoms with Gasteiger partial charge in [-0.05, 0) is 26.0 Å². The lowest BCUT2D eigenvalue weighted by molar-refractivity contribution is -0.187. The van der Waals surface area contributed by atoms with Crippen LogP contribution in [0.15, 0.2) is 33.9 Å². The summed E-state index contributed by atoms with van der Waals surface area (Å²) in [5.74, 6) is -1.58. The molecule has 0 aliphatic carbocycles. The van der Waals surface area contributed by atoms with E-state index in [0.717, 1.165) is 10.0 Å². The Morgan fingerprint density at radius 2 is 1.91 bits per heavy atom. The highest BCUT2D eigenvalue weighted by molar-refractivity contribution is 9.10. The predicted molar refractivity (Wildman–Crippen MR) is 82.4 cm³/mol. The average molecular weight is 370 g/mol. The molecule has 1 aliphatic rings. The number of carbonyl (C=O) groups is 2. The van der Waals surface area contributed by atoms with Crippen LogP contribution in [0, 0.1) is 0 Å². The Morgan fingerprint density at radius 1 is 1.27 bits per heavy atom. The second-order valence-electron chi connectivity index (χ2n) is 4.58. The molecule has 1 aliphatic heterocycles. The summed E-state index contributed by atoms with van der Waals surface area (Å²) >= 11 is 3.37. The summed E-state index contributed by atoms with van der Waals surface area (Å²) in [7, 11) is 0. The van der Waals surface area contributed by atoms with E-state index in [1.165, 1.54) is 0 Å². The minimum absolute atomic E-state index is 0.0267. The molecule has 7 heteroatoms. The van der Waals surface area contributed by atoms with E-state index in [4.69, 9.17) is 14.3 Å². The van der Waals surface area contributed by atoms with Gasteiger partial charge < -0.3 is 14.3 Å². The summed E-state index contributed by atoms with van der Waals surface area (Å²) < 4.78 is 10.8. The van der Waals surface area contributed by atoms with Crippen LogP contribution in [0.5, 0.6) is 0 Å². The third kappa shape index (κ3) is 3.14. The number of hydrogen-bond donors (Lipinski definition) is 0. The number of benzene rings is 1. The summed E-state index contributed by atoms with van der Waals surface area (Å²) in [6, 6.07) is 7.34. The van der Waals surface area contributed by atoms with Gasteiger partial charge in [0.2, 0.25) is 0 Å². The molecular weight excluding hydrogens is 354 g/mol. The van der Waals surface area contributed by atoms with E-state index in [-0.39, 0.29) is 19.6 Å². The lowest BCUT2D eigenvalue weighted by Crippen LogP contribution is -2.49. The van der Waals surface area contributed by atoms with Crippen LogP contribution in [0.4, 0.5) is 0 Å². The Bertz CT molecular complexity index is 596. The Kier molecular flexibility index (Phi) is 5.18. The zero-order chi connectivity index (χ0) is 16.2. The van der Waals surface area contributed by atoms with Crippen molar-refractivity contribution < 1.29 is 23.9 Å². The third-order valence-electron chi connectivity index (χ3n) is 3.10. The molecule has 0 saturated carbocycles. The van der Waals surface area contributed by atoms with Crippen LogP contribution in [0.25, 0.3) is 0 Å². The zero-order valence-electron chi connectivity index (χ0n) is 12.3. The molecule has 0 unspecified atom stereocenters. The van der Waals surface area contributed by atoms with Gasteiger partial charge in [0.05, 0.1) is 25.3 Å².